The van der Waals surface area contributed by atoms with Crippen molar-refractivity contribution in [3.05, 3.63) is 39.5 Å². The van der Waals surface area contributed by atoms with Crippen LogP contribution >= 0.6 is 0 Å². The van der Waals surface area contributed by atoms with E-state index in [4.69, 9.17) is 5.53 Å². The fourth-order valence-corrected chi connectivity index (χ4v) is 0.980. The Hall–Kier alpha value is -1.75. The molecule has 0 saturated carbocycles. The van der Waals surface area contributed by atoms with E-state index in [-0.39, 0.29) is 11.3 Å². The van der Waals surface area contributed by atoms with Crippen LogP contribution in [0.25, 0.3) is 10.4 Å². The summed E-state index contributed by atoms with van der Waals surface area (Å²) >= 11 is 0. The van der Waals surface area contributed by atoms with Crippen molar-refractivity contribution in [1.29, 1.82) is 0 Å². The Balaban J connectivity index is 3.42. The van der Waals surface area contributed by atoms with Crippen LogP contribution in [0.1, 0.15) is 11.1 Å². The van der Waals surface area contributed by atoms with Gasteiger partial charge in [-0.05, 0) is 30.2 Å². The highest BCUT2D eigenvalue weighted by Crippen LogP contribution is 2.34. The molecule has 0 heterocycles. The smallest absolute Gasteiger partial charge is 0.207 e. The molecule has 0 bridgehead atoms. The predicted octanol–water partition coefficient (Wildman–Crippen LogP) is 4.09. The molecule has 80 valence electrons. The molecule has 0 fully saturated rings. The highest BCUT2D eigenvalue weighted by molar-refractivity contribution is 5.49. The summed E-state index contributed by atoms with van der Waals surface area (Å²) in [5.74, 6) is -1.05. The first-order valence-electron chi connectivity index (χ1n) is 3.78. The average Bonchev–Trinajstić information content (AvgIpc) is 2.11. The monoisotopic (exact) mass is 219 g/mol. The van der Waals surface area contributed by atoms with Gasteiger partial charge in [-0.1, -0.05) is 5.11 Å². The number of alkyl halides is 3. The van der Waals surface area contributed by atoms with Crippen molar-refractivity contribution >= 4 is 5.69 Å². The van der Waals surface area contributed by atoms with E-state index in [2.05, 4.69) is 10.0 Å². The molecule has 0 aliphatic rings. The summed E-state index contributed by atoms with van der Waals surface area (Å²) in [6.07, 6.45) is -4.66. The summed E-state index contributed by atoms with van der Waals surface area (Å²) in [5.41, 5.74) is 6.44. The molecule has 1 aromatic carbocycles. The zero-order valence-corrected chi connectivity index (χ0v) is 7.51. The minimum atomic E-state index is -4.66. The molecule has 0 N–H and O–H groups in total. The molecule has 15 heavy (non-hydrogen) atoms. The van der Waals surface area contributed by atoms with Crippen LogP contribution in [-0.4, -0.2) is 0 Å². The van der Waals surface area contributed by atoms with Gasteiger partial charge in [-0.15, -0.1) is 0 Å². The summed E-state index contributed by atoms with van der Waals surface area (Å²) < 4.78 is 49.7. The Bertz CT molecular complexity index is 432. The largest absolute Gasteiger partial charge is 0.416 e. The SMILES string of the molecule is Cc1c(F)cc(C(F)(F)F)cc1N=[N+]=[N-]. The average molecular weight is 219 g/mol. The highest BCUT2D eigenvalue weighted by atomic mass is 19.4. The minimum Gasteiger partial charge on any atom is -0.207 e. The lowest BCUT2D eigenvalue weighted by Crippen LogP contribution is -2.05. The molecule has 0 unspecified atom stereocenters. The van der Waals surface area contributed by atoms with Crippen LogP contribution in [0.3, 0.4) is 0 Å². The van der Waals surface area contributed by atoms with Gasteiger partial charge in [0, 0.05) is 10.6 Å². The summed E-state index contributed by atoms with van der Waals surface area (Å²) in [7, 11) is 0. The van der Waals surface area contributed by atoms with Gasteiger partial charge in [-0.3, -0.25) is 0 Å². The molecule has 0 saturated heterocycles. The van der Waals surface area contributed by atoms with Crippen molar-refractivity contribution in [3.8, 4) is 0 Å². The number of nitrogens with zero attached hydrogens (tertiary/aromatic N) is 3. The summed E-state index contributed by atoms with van der Waals surface area (Å²) in [6.45, 7) is 1.24. The lowest BCUT2D eigenvalue weighted by atomic mass is 10.1. The zero-order valence-electron chi connectivity index (χ0n) is 7.51. The lowest BCUT2D eigenvalue weighted by molar-refractivity contribution is -0.137. The zero-order chi connectivity index (χ0) is 11.6. The minimum absolute atomic E-state index is 0.110. The summed E-state index contributed by atoms with van der Waals surface area (Å²) in [5, 5.41) is 2.98. The first kappa shape index (κ1) is 11.3. The third kappa shape index (κ3) is 2.38. The first-order chi connectivity index (χ1) is 6.86. The maximum Gasteiger partial charge on any atom is 0.416 e. The molecule has 0 amide bonds. The predicted molar refractivity (Wildman–Crippen MR) is 44.9 cm³/mol. The second kappa shape index (κ2) is 3.78. The fraction of sp³-hybridized carbons (Fsp3) is 0.250. The number of hydrogen-bond acceptors (Lipinski definition) is 1. The van der Waals surface area contributed by atoms with E-state index in [1.54, 1.807) is 0 Å². The summed E-state index contributed by atoms with van der Waals surface area (Å²) in [6, 6.07) is 0.976. The molecule has 0 spiro atoms. The van der Waals surface area contributed by atoms with Crippen molar-refractivity contribution in [2.45, 2.75) is 13.1 Å². The standard InChI is InChI=1S/C8H5F4N3/c1-4-6(9)2-5(8(10,11)12)3-7(4)14-15-13/h2-3H,1H3. The Kier molecular flexibility index (Phi) is 2.85. The van der Waals surface area contributed by atoms with Crippen molar-refractivity contribution in [2.75, 3.05) is 0 Å². The van der Waals surface area contributed by atoms with Gasteiger partial charge in [0.05, 0.1) is 5.56 Å². The molecule has 0 aliphatic carbocycles. The third-order valence-electron chi connectivity index (χ3n) is 1.80. The van der Waals surface area contributed by atoms with Crippen LogP contribution in [0.4, 0.5) is 23.2 Å². The third-order valence-corrected chi connectivity index (χ3v) is 1.80. The molecule has 3 nitrogen and oxygen atoms in total. The van der Waals surface area contributed by atoms with E-state index >= 15 is 0 Å². The number of rotatable bonds is 1. The van der Waals surface area contributed by atoms with Gasteiger partial charge >= 0.3 is 6.18 Å². The van der Waals surface area contributed by atoms with E-state index in [0.29, 0.717) is 12.1 Å². The maximum atomic E-state index is 13.0. The van der Waals surface area contributed by atoms with Gasteiger partial charge in [0.25, 0.3) is 0 Å². The van der Waals surface area contributed by atoms with Gasteiger partial charge in [0.1, 0.15) is 5.82 Å². The maximum absolute atomic E-state index is 13.0. The first-order valence-corrected chi connectivity index (χ1v) is 3.78. The molecule has 0 aliphatic heterocycles. The topological polar surface area (TPSA) is 48.8 Å². The van der Waals surface area contributed by atoms with Crippen molar-refractivity contribution in [3.63, 3.8) is 0 Å². The number of halogens is 4. The van der Waals surface area contributed by atoms with E-state index in [1.807, 2.05) is 0 Å². The van der Waals surface area contributed by atoms with Gasteiger partial charge in [-0.2, -0.15) is 13.2 Å². The fourth-order valence-electron chi connectivity index (χ4n) is 0.980. The van der Waals surface area contributed by atoms with E-state index in [9.17, 15) is 17.6 Å². The highest BCUT2D eigenvalue weighted by Gasteiger charge is 2.31. The van der Waals surface area contributed by atoms with Crippen molar-refractivity contribution in [1.82, 2.24) is 0 Å². The van der Waals surface area contributed by atoms with E-state index in [1.165, 1.54) is 6.92 Å². The molecular formula is C8H5F4N3. The van der Waals surface area contributed by atoms with E-state index < -0.39 is 17.6 Å². The van der Waals surface area contributed by atoms with Gasteiger partial charge in [-0.25, -0.2) is 4.39 Å². The lowest BCUT2D eigenvalue weighted by Gasteiger charge is -2.09. The Labute approximate surface area is 82.0 Å². The Morgan fingerprint density at radius 1 is 1.33 bits per heavy atom. The molecule has 0 aromatic heterocycles. The molecular weight excluding hydrogens is 214 g/mol. The van der Waals surface area contributed by atoms with Gasteiger partial charge in [0.2, 0.25) is 0 Å². The number of azide groups is 1. The Morgan fingerprint density at radius 2 is 1.93 bits per heavy atom. The Morgan fingerprint density at radius 3 is 2.40 bits per heavy atom. The molecule has 1 rings (SSSR count). The second-order valence-corrected chi connectivity index (χ2v) is 2.79. The van der Waals surface area contributed by atoms with Crippen LogP contribution in [0.15, 0.2) is 17.2 Å². The molecule has 1 aromatic rings. The normalized spacial score (nSPS) is 11.0. The second-order valence-electron chi connectivity index (χ2n) is 2.79. The van der Waals surface area contributed by atoms with E-state index in [0.717, 1.165) is 0 Å². The molecule has 0 radical (unpaired) electrons. The van der Waals surface area contributed by atoms with Crippen LogP contribution in [-0.2, 0) is 6.18 Å². The molecule has 0 atom stereocenters. The van der Waals surface area contributed by atoms with Gasteiger partial charge < -0.3 is 0 Å². The molecule has 7 heteroatoms. The van der Waals surface area contributed by atoms with Crippen molar-refractivity contribution < 1.29 is 17.6 Å². The van der Waals surface area contributed by atoms with Crippen LogP contribution < -0.4 is 0 Å². The van der Waals surface area contributed by atoms with Crippen LogP contribution in [0.5, 0.6) is 0 Å². The number of benzene rings is 1. The van der Waals surface area contributed by atoms with Crippen molar-refractivity contribution in [2.24, 2.45) is 5.11 Å². The van der Waals surface area contributed by atoms with Gasteiger partial charge in [0.15, 0.2) is 0 Å². The summed E-state index contributed by atoms with van der Waals surface area (Å²) in [4.78, 5) is 2.32. The quantitative estimate of drug-likeness (QED) is 0.295. The van der Waals surface area contributed by atoms with Crippen LogP contribution in [0, 0.1) is 12.7 Å². The van der Waals surface area contributed by atoms with Crippen LogP contribution in [0.2, 0.25) is 0 Å². The number of hydrogen-bond donors (Lipinski definition) is 0.